The molecule has 212 valence electrons. The van der Waals surface area contributed by atoms with E-state index < -0.39 is 5.60 Å². The molecule has 1 saturated heterocycles. The second-order valence-corrected chi connectivity index (χ2v) is 11.6. The second-order valence-electron chi connectivity index (χ2n) is 10.1. The van der Waals surface area contributed by atoms with E-state index in [0.29, 0.717) is 35.7 Å². The molecule has 2 aliphatic rings. The van der Waals surface area contributed by atoms with Crippen LogP contribution < -0.4 is 10.1 Å². The number of carbonyl (C=O) groups excluding carboxylic acids is 2. The van der Waals surface area contributed by atoms with Crippen LogP contribution in [0.15, 0.2) is 71.8 Å². The number of halogens is 1. The molecule has 3 aromatic rings. The Morgan fingerprint density at radius 3 is 2.68 bits per heavy atom. The minimum atomic E-state index is -0.831. The number of carbonyl (C=O) groups is 2. The molecule has 7 nitrogen and oxygen atoms in total. The molecule has 41 heavy (non-hydrogen) atoms. The molecule has 1 aromatic heterocycles. The maximum atomic E-state index is 11.8. The lowest BCUT2D eigenvalue weighted by atomic mass is 9.84. The smallest absolute Gasteiger partial charge is 0.283 e. The first-order chi connectivity index (χ1) is 19.9. The lowest BCUT2D eigenvalue weighted by Crippen LogP contribution is -2.42. The van der Waals surface area contributed by atoms with Crippen molar-refractivity contribution in [3.05, 3.63) is 105 Å². The fourth-order valence-corrected chi connectivity index (χ4v) is 5.97. The Bertz CT molecular complexity index is 1480. The van der Waals surface area contributed by atoms with Gasteiger partial charge in [0.25, 0.3) is 5.24 Å². The Kier molecular flexibility index (Phi) is 9.25. The number of rotatable bonds is 7. The van der Waals surface area contributed by atoms with Crippen molar-refractivity contribution >= 4 is 46.5 Å². The van der Waals surface area contributed by atoms with E-state index in [1.54, 1.807) is 12.3 Å². The van der Waals surface area contributed by atoms with Gasteiger partial charge in [-0.2, -0.15) is 0 Å². The normalized spacial score (nSPS) is 17.6. The number of aliphatic hydroxyl groups is 1. The zero-order valence-electron chi connectivity index (χ0n) is 22.8. The van der Waals surface area contributed by atoms with Crippen molar-refractivity contribution in [1.82, 2.24) is 15.2 Å². The van der Waals surface area contributed by atoms with E-state index in [-0.39, 0.29) is 5.24 Å². The molecule has 0 radical (unpaired) electrons. The van der Waals surface area contributed by atoms with Crippen LogP contribution in [0.5, 0.6) is 5.75 Å². The van der Waals surface area contributed by atoms with Gasteiger partial charge in [0.1, 0.15) is 12.4 Å². The molecule has 2 N–H and O–H groups in total. The number of ether oxygens (including phenoxy) is 1. The maximum Gasteiger partial charge on any atom is 0.283 e. The summed E-state index contributed by atoms with van der Waals surface area (Å²) in [6, 6.07) is 17.2. The first kappa shape index (κ1) is 29.1. The number of amides is 1. The van der Waals surface area contributed by atoms with E-state index in [1.807, 2.05) is 48.5 Å². The molecule has 0 saturated carbocycles. The Morgan fingerprint density at radius 1 is 1.17 bits per heavy atom. The molecule has 0 unspecified atom stereocenters. The molecule has 2 aromatic carbocycles. The molecule has 9 heteroatoms. The van der Waals surface area contributed by atoms with Gasteiger partial charge in [-0.05, 0) is 84.1 Å². The topological polar surface area (TPSA) is 91.8 Å². The molecular formula is C32H32ClN3O4S. The van der Waals surface area contributed by atoms with E-state index in [1.165, 1.54) is 7.05 Å². The first-order valence-corrected chi connectivity index (χ1v) is 14.8. The van der Waals surface area contributed by atoms with E-state index >= 15 is 0 Å². The van der Waals surface area contributed by atoms with Gasteiger partial charge in [0.15, 0.2) is 6.29 Å². The van der Waals surface area contributed by atoms with Gasteiger partial charge < -0.3 is 20.1 Å². The van der Waals surface area contributed by atoms with Gasteiger partial charge in [0.05, 0.1) is 16.2 Å². The molecule has 3 heterocycles. The summed E-state index contributed by atoms with van der Waals surface area (Å²) in [6.45, 7) is 2.81. The van der Waals surface area contributed by atoms with Crippen LogP contribution in [0.4, 0.5) is 4.79 Å². The van der Waals surface area contributed by atoms with E-state index in [9.17, 15) is 14.7 Å². The number of nitrogens with zero attached hydrogens (tertiary/aromatic N) is 2. The number of aromatic nitrogens is 1. The SMILES string of the molecule is CNC(=O)S/C(C=O)=C\c1ccc2c(c1)/C(=C/CCN1CCC(O)(c3ccc(Cl)cc3)CC1)c1cccnc1CO2. The quantitative estimate of drug-likeness (QED) is 0.256. The fraction of sp³-hybridized carbons (Fsp3) is 0.281. The Labute approximate surface area is 249 Å². The van der Waals surface area contributed by atoms with Gasteiger partial charge >= 0.3 is 0 Å². The van der Waals surface area contributed by atoms with Gasteiger partial charge in [-0.25, -0.2) is 0 Å². The lowest BCUT2D eigenvalue weighted by molar-refractivity contribution is -0.104. The molecule has 0 bridgehead atoms. The third-order valence-electron chi connectivity index (χ3n) is 7.54. The predicted molar refractivity (Wildman–Crippen MR) is 164 cm³/mol. The standard InChI is InChI=1S/C32H32ClN3O4S/c1-34-31(38)41-25(20-37)18-22-6-11-30-28(19-22)26(27-4-2-14-35-29(27)21-40-30)5-3-15-36-16-12-32(39,13-17-36)23-7-9-24(33)10-8-23/h2,4-11,14,18-20,39H,3,12-13,15-17,21H2,1H3,(H,34,38)/b25-18-,26-5+. The molecule has 0 spiro atoms. The Balaban J connectivity index is 1.36. The number of fused-ring (bicyclic) bond motifs is 2. The molecule has 1 amide bonds. The minimum Gasteiger partial charge on any atom is -0.487 e. The highest BCUT2D eigenvalue weighted by Gasteiger charge is 2.33. The van der Waals surface area contributed by atoms with Crippen LogP contribution >= 0.6 is 23.4 Å². The van der Waals surface area contributed by atoms with Crippen molar-refractivity contribution in [3.63, 3.8) is 0 Å². The van der Waals surface area contributed by atoms with Gasteiger partial charge in [-0.1, -0.05) is 41.9 Å². The Hall–Kier alpha value is -3.43. The van der Waals surface area contributed by atoms with Crippen LogP contribution in [-0.4, -0.2) is 53.2 Å². The number of hydrogen-bond donors (Lipinski definition) is 2. The number of piperidine rings is 1. The zero-order valence-corrected chi connectivity index (χ0v) is 24.4. The van der Waals surface area contributed by atoms with Crippen LogP contribution in [0.1, 0.15) is 47.2 Å². The Morgan fingerprint density at radius 2 is 1.95 bits per heavy atom. The van der Waals surface area contributed by atoms with Crippen LogP contribution in [0, 0.1) is 0 Å². The highest BCUT2D eigenvalue weighted by molar-refractivity contribution is 8.17. The molecule has 0 aliphatic carbocycles. The summed E-state index contributed by atoms with van der Waals surface area (Å²) in [4.78, 5) is 30.7. The minimum absolute atomic E-state index is 0.300. The van der Waals surface area contributed by atoms with E-state index in [4.69, 9.17) is 16.3 Å². The van der Waals surface area contributed by atoms with Crippen molar-refractivity contribution in [3.8, 4) is 5.75 Å². The largest absolute Gasteiger partial charge is 0.487 e. The maximum absolute atomic E-state index is 11.8. The van der Waals surface area contributed by atoms with Crippen molar-refractivity contribution in [2.75, 3.05) is 26.7 Å². The number of pyridine rings is 1. The van der Waals surface area contributed by atoms with Gasteiger partial charge in [-0.15, -0.1) is 0 Å². The van der Waals surface area contributed by atoms with Crippen LogP contribution in [-0.2, 0) is 17.0 Å². The number of allylic oxidation sites excluding steroid dienone is 1. The molecule has 5 rings (SSSR count). The number of likely N-dealkylation sites (tertiary alicyclic amines) is 1. The third kappa shape index (κ3) is 6.90. The lowest BCUT2D eigenvalue weighted by Gasteiger charge is -2.38. The number of hydrogen-bond acceptors (Lipinski definition) is 7. The summed E-state index contributed by atoms with van der Waals surface area (Å²) in [5, 5.41) is 14.1. The molecule has 0 atom stereocenters. The van der Waals surface area contributed by atoms with Crippen LogP contribution in [0.25, 0.3) is 11.6 Å². The van der Waals surface area contributed by atoms with Crippen molar-refractivity contribution in [2.24, 2.45) is 0 Å². The van der Waals surface area contributed by atoms with Crippen molar-refractivity contribution in [1.29, 1.82) is 0 Å². The van der Waals surface area contributed by atoms with Gasteiger partial charge in [-0.3, -0.25) is 14.6 Å². The highest BCUT2D eigenvalue weighted by atomic mass is 35.5. The summed E-state index contributed by atoms with van der Waals surface area (Å²) in [7, 11) is 1.53. The monoisotopic (exact) mass is 589 g/mol. The molecule has 2 aliphatic heterocycles. The number of benzene rings is 2. The van der Waals surface area contributed by atoms with E-state index in [0.717, 1.165) is 77.1 Å². The number of nitrogens with one attached hydrogen (secondary N) is 1. The molecular weight excluding hydrogens is 558 g/mol. The van der Waals surface area contributed by atoms with E-state index in [2.05, 4.69) is 27.3 Å². The van der Waals surface area contributed by atoms with Crippen LogP contribution in [0.3, 0.4) is 0 Å². The summed E-state index contributed by atoms with van der Waals surface area (Å²) < 4.78 is 6.13. The summed E-state index contributed by atoms with van der Waals surface area (Å²) >= 11 is 6.89. The van der Waals surface area contributed by atoms with Gasteiger partial charge in [0.2, 0.25) is 0 Å². The summed E-state index contributed by atoms with van der Waals surface area (Å²) in [5.41, 5.74) is 4.69. The predicted octanol–water partition coefficient (Wildman–Crippen LogP) is 6.05. The van der Waals surface area contributed by atoms with Gasteiger partial charge in [0, 0.05) is 49.0 Å². The first-order valence-electron chi connectivity index (χ1n) is 13.6. The summed E-state index contributed by atoms with van der Waals surface area (Å²) in [6.07, 6.45) is 8.51. The van der Waals surface area contributed by atoms with Crippen LogP contribution in [0.2, 0.25) is 5.02 Å². The summed E-state index contributed by atoms with van der Waals surface area (Å²) in [5.74, 6) is 0.740. The second kappa shape index (κ2) is 13.0. The number of aldehydes is 1. The fourth-order valence-electron chi connectivity index (χ4n) is 5.28. The molecule has 1 fully saturated rings. The van der Waals surface area contributed by atoms with Crippen molar-refractivity contribution in [2.45, 2.75) is 31.5 Å². The zero-order chi connectivity index (χ0) is 28.8. The average Bonchev–Trinajstić information content (AvgIpc) is 3.14. The average molecular weight is 590 g/mol. The highest BCUT2D eigenvalue weighted by Crippen LogP contribution is 2.38. The van der Waals surface area contributed by atoms with Crippen molar-refractivity contribution < 1.29 is 19.4 Å². The number of thioether (sulfide) groups is 1. The third-order valence-corrected chi connectivity index (χ3v) is 8.63.